The van der Waals surface area contributed by atoms with Crippen LogP contribution in [0.1, 0.15) is 43.5 Å². The largest absolute Gasteiger partial charge is 0.508 e. The molecule has 1 aliphatic carbocycles. The van der Waals surface area contributed by atoms with Gasteiger partial charge >= 0.3 is 0 Å². The van der Waals surface area contributed by atoms with E-state index >= 15 is 0 Å². The molecular weight excluding hydrogens is 205 g/mol. The Morgan fingerprint density at radius 1 is 1.50 bits per heavy atom. The summed E-state index contributed by atoms with van der Waals surface area (Å²) in [6.45, 7) is 1.50. The van der Waals surface area contributed by atoms with E-state index in [9.17, 15) is 9.50 Å². The van der Waals surface area contributed by atoms with E-state index in [4.69, 9.17) is 5.73 Å². The number of halogens is 1. The highest BCUT2D eigenvalue weighted by atomic mass is 19.1. The van der Waals surface area contributed by atoms with Gasteiger partial charge < -0.3 is 10.8 Å². The van der Waals surface area contributed by atoms with E-state index in [2.05, 4.69) is 0 Å². The third-order valence-electron chi connectivity index (χ3n) is 3.35. The Balaban J connectivity index is 2.09. The van der Waals surface area contributed by atoms with Crippen LogP contribution in [0.3, 0.4) is 0 Å². The molecular formula is C13H18FNO. The van der Waals surface area contributed by atoms with Gasteiger partial charge in [-0.2, -0.15) is 0 Å². The maximum Gasteiger partial charge on any atom is 0.122 e. The zero-order valence-corrected chi connectivity index (χ0v) is 9.54. The van der Waals surface area contributed by atoms with Crippen LogP contribution in [0.2, 0.25) is 0 Å². The highest BCUT2D eigenvalue weighted by molar-refractivity contribution is 5.37. The van der Waals surface area contributed by atoms with Crippen molar-refractivity contribution < 1.29 is 9.50 Å². The zero-order chi connectivity index (χ0) is 11.8. The Bertz CT molecular complexity index is 386. The first-order valence-corrected chi connectivity index (χ1v) is 5.75. The molecule has 1 aromatic rings. The van der Waals surface area contributed by atoms with E-state index < -0.39 is 6.17 Å². The molecule has 1 aromatic carbocycles. The molecule has 3 N–H and O–H groups in total. The summed E-state index contributed by atoms with van der Waals surface area (Å²) in [4.78, 5) is 0. The molecule has 2 nitrogen and oxygen atoms in total. The van der Waals surface area contributed by atoms with E-state index in [1.807, 2.05) is 0 Å². The number of alkyl halides is 1. The fourth-order valence-electron chi connectivity index (χ4n) is 1.85. The first-order valence-electron chi connectivity index (χ1n) is 5.75. The minimum Gasteiger partial charge on any atom is -0.508 e. The van der Waals surface area contributed by atoms with Crippen molar-refractivity contribution in [1.29, 1.82) is 0 Å². The van der Waals surface area contributed by atoms with Crippen LogP contribution in [0.4, 0.5) is 4.39 Å². The first kappa shape index (κ1) is 11.4. The summed E-state index contributed by atoms with van der Waals surface area (Å²) >= 11 is 0. The Morgan fingerprint density at radius 2 is 2.19 bits per heavy atom. The van der Waals surface area contributed by atoms with Gasteiger partial charge in [0, 0.05) is 5.54 Å². The van der Waals surface area contributed by atoms with Crippen LogP contribution in [0, 0.1) is 0 Å². The molecule has 0 heterocycles. The van der Waals surface area contributed by atoms with Crippen molar-refractivity contribution in [3.05, 3.63) is 29.3 Å². The van der Waals surface area contributed by atoms with Crippen molar-refractivity contribution in [2.75, 3.05) is 0 Å². The zero-order valence-electron chi connectivity index (χ0n) is 9.54. The van der Waals surface area contributed by atoms with Crippen molar-refractivity contribution in [3.63, 3.8) is 0 Å². The molecule has 0 spiro atoms. The summed E-state index contributed by atoms with van der Waals surface area (Å²) in [7, 11) is 0. The van der Waals surface area contributed by atoms with Gasteiger partial charge in [-0.3, -0.25) is 0 Å². The second-order valence-corrected chi connectivity index (χ2v) is 4.87. The average molecular weight is 223 g/mol. The van der Waals surface area contributed by atoms with Gasteiger partial charge in [-0.1, -0.05) is 6.07 Å². The molecule has 0 amide bonds. The van der Waals surface area contributed by atoms with Crippen molar-refractivity contribution in [3.8, 4) is 5.75 Å². The molecule has 16 heavy (non-hydrogen) atoms. The summed E-state index contributed by atoms with van der Waals surface area (Å²) in [6, 6.07) is 4.93. The lowest BCUT2D eigenvalue weighted by Gasteiger charge is -2.11. The summed E-state index contributed by atoms with van der Waals surface area (Å²) in [5.74, 6) is 0.244. The van der Waals surface area contributed by atoms with E-state index in [1.54, 1.807) is 18.2 Å². The minimum atomic E-state index is -0.993. The predicted molar refractivity (Wildman–Crippen MR) is 62.1 cm³/mol. The SMILES string of the molecule is CC(F)c1ccc(O)c(CCC2(N)CC2)c1. The van der Waals surface area contributed by atoms with Gasteiger partial charge in [0.15, 0.2) is 0 Å². The van der Waals surface area contributed by atoms with Crippen LogP contribution in [0.15, 0.2) is 18.2 Å². The third kappa shape index (κ3) is 2.53. The van der Waals surface area contributed by atoms with Crippen molar-refractivity contribution in [2.24, 2.45) is 5.73 Å². The molecule has 0 aromatic heterocycles. The quantitative estimate of drug-likeness (QED) is 0.824. The molecule has 0 radical (unpaired) electrons. The lowest BCUT2D eigenvalue weighted by atomic mass is 10.00. The number of phenolic OH excluding ortho intramolecular Hbond substituents is 1. The standard InChI is InChI=1S/C13H18FNO/c1-9(14)10-2-3-12(16)11(8-10)4-5-13(15)6-7-13/h2-3,8-9,16H,4-7,15H2,1H3. The second-order valence-electron chi connectivity index (χ2n) is 4.87. The molecule has 1 atom stereocenters. The number of nitrogens with two attached hydrogens (primary N) is 1. The molecule has 2 rings (SSSR count). The van der Waals surface area contributed by atoms with Crippen LogP contribution in [-0.2, 0) is 6.42 Å². The minimum absolute atomic E-state index is 0.0240. The highest BCUT2D eigenvalue weighted by Crippen LogP contribution is 2.37. The summed E-state index contributed by atoms with van der Waals surface area (Å²) in [6.07, 6.45) is 2.72. The van der Waals surface area contributed by atoms with Gasteiger partial charge in [0.1, 0.15) is 11.9 Å². The number of benzene rings is 1. The monoisotopic (exact) mass is 223 g/mol. The topological polar surface area (TPSA) is 46.2 Å². The number of hydrogen-bond acceptors (Lipinski definition) is 2. The molecule has 1 fully saturated rings. The Morgan fingerprint density at radius 3 is 2.75 bits per heavy atom. The summed E-state index contributed by atoms with van der Waals surface area (Å²) < 4.78 is 13.1. The van der Waals surface area contributed by atoms with E-state index in [-0.39, 0.29) is 11.3 Å². The third-order valence-corrected chi connectivity index (χ3v) is 3.35. The van der Waals surface area contributed by atoms with Crippen LogP contribution in [0.5, 0.6) is 5.75 Å². The van der Waals surface area contributed by atoms with E-state index in [0.29, 0.717) is 5.56 Å². The summed E-state index contributed by atoms with van der Waals surface area (Å²) in [5.41, 5.74) is 7.39. The van der Waals surface area contributed by atoms with Crippen molar-refractivity contribution >= 4 is 0 Å². The van der Waals surface area contributed by atoms with Crippen LogP contribution in [-0.4, -0.2) is 10.6 Å². The predicted octanol–water partition coefficient (Wildman–Crippen LogP) is 2.85. The number of rotatable bonds is 4. The number of phenols is 1. The normalized spacial score (nSPS) is 19.4. The molecule has 88 valence electrons. The number of aryl methyl sites for hydroxylation is 1. The first-order chi connectivity index (χ1) is 7.50. The molecule has 3 heteroatoms. The second kappa shape index (κ2) is 4.06. The van der Waals surface area contributed by atoms with Crippen molar-refractivity contribution in [1.82, 2.24) is 0 Å². The van der Waals surface area contributed by atoms with E-state index in [0.717, 1.165) is 31.2 Å². The Kier molecular flexibility index (Phi) is 2.89. The van der Waals surface area contributed by atoms with Gasteiger partial charge in [0.05, 0.1) is 0 Å². The van der Waals surface area contributed by atoms with Gasteiger partial charge in [-0.05, 0) is 55.9 Å². The Labute approximate surface area is 95.3 Å². The maximum atomic E-state index is 13.1. The summed E-state index contributed by atoms with van der Waals surface area (Å²) in [5, 5.41) is 9.67. The van der Waals surface area contributed by atoms with Crippen molar-refractivity contribution in [2.45, 2.75) is 44.3 Å². The maximum absolute atomic E-state index is 13.1. The van der Waals surface area contributed by atoms with Gasteiger partial charge in [0.2, 0.25) is 0 Å². The average Bonchev–Trinajstić information content (AvgIpc) is 2.95. The molecule has 1 aliphatic rings. The number of aromatic hydroxyl groups is 1. The molecule has 0 aliphatic heterocycles. The lowest BCUT2D eigenvalue weighted by molar-refractivity contribution is 0.373. The van der Waals surface area contributed by atoms with E-state index in [1.165, 1.54) is 6.92 Å². The van der Waals surface area contributed by atoms with Gasteiger partial charge in [-0.25, -0.2) is 4.39 Å². The highest BCUT2D eigenvalue weighted by Gasteiger charge is 2.37. The van der Waals surface area contributed by atoms with Crippen LogP contribution < -0.4 is 5.73 Å². The molecule has 1 saturated carbocycles. The smallest absolute Gasteiger partial charge is 0.122 e. The molecule has 1 unspecified atom stereocenters. The van der Waals surface area contributed by atoms with Gasteiger partial charge in [-0.15, -0.1) is 0 Å². The lowest BCUT2D eigenvalue weighted by Crippen LogP contribution is -2.22. The number of hydrogen-bond donors (Lipinski definition) is 2. The molecule has 0 saturated heterocycles. The van der Waals surface area contributed by atoms with Crippen LogP contribution in [0.25, 0.3) is 0 Å². The fraction of sp³-hybridized carbons (Fsp3) is 0.538. The van der Waals surface area contributed by atoms with Crippen LogP contribution >= 0.6 is 0 Å². The van der Waals surface area contributed by atoms with Gasteiger partial charge in [0.25, 0.3) is 0 Å². The fourth-order valence-corrected chi connectivity index (χ4v) is 1.85. The Hall–Kier alpha value is -1.09. The molecule has 0 bridgehead atoms.